The van der Waals surface area contributed by atoms with Gasteiger partial charge in [0.1, 0.15) is 0 Å². The van der Waals surface area contributed by atoms with Crippen LogP contribution in [0.25, 0.3) is 0 Å². The van der Waals surface area contributed by atoms with Crippen LogP contribution in [0.4, 0.5) is 0 Å². The molecule has 0 saturated carbocycles. The Bertz CT molecular complexity index is 169. The molecule has 15 heavy (non-hydrogen) atoms. The minimum absolute atomic E-state index is 0.562. The molecule has 1 N–H and O–H groups in total. The zero-order chi connectivity index (χ0) is 11.1. The monoisotopic (exact) mass is 232 g/mol. The third-order valence-corrected chi connectivity index (χ3v) is 3.48. The van der Waals surface area contributed by atoms with Crippen molar-refractivity contribution >= 4 is 11.8 Å². The van der Waals surface area contributed by atoms with Crippen molar-refractivity contribution in [3.05, 3.63) is 0 Å². The highest BCUT2D eigenvalue weighted by atomic mass is 32.2. The van der Waals surface area contributed by atoms with Gasteiger partial charge in [-0.2, -0.15) is 11.8 Å². The minimum atomic E-state index is 0.562. The maximum atomic E-state index is 5.53. The molecule has 2 unspecified atom stereocenters. The molecule has 90 valence electrons. The molecule has 1 aliphatic heterocycles. The van der Waals surface area contributed by atoms with E-state index in [-0.39, 0.29) is 0 Å². The van der Waals surface area contributed by atoms with Gasteiger partial charge in [0.15, 0.2) is 0 Å². The van der Waals surface area contributed by atoms with Gasteiger partial charge in [0.2, 0.25) is 0 Å². The van der Waals surface area contributed by atoms with Gasteiger partial charge in [-0.1, -0.05) is 6.92 Å². The summed E-state index contributed by atoms with van der Waals surface area (Å²) < 4.78 is 5.53. The van der Waals surface area contributed by atoms with Gasteiger partial charge in [0, 0.05) is 30.8 Å². The molecule has 3 nitrogen and oxygen atoms in total. The summed E-state index contributed by atoms with van der Waals surface area (Å²) in [6.45, 7) is 7.33. The number of nitrogens with zero attached hydrogens (tertiary/aromatic N) is 1. The molecule has 1 saturated heterocycles. The first kappa shape index (κ1) is 13.3. The maximum absolute atomic E-state index is 5.53. The van der Waals surface area contributed by atoms with Crippen LogP contribution < -0.4 is 5.32 Å². The van der Waals surface area contributed by atoms with Crippen molar-refractivity contribution in [1.82, 2.24) is 10.2 Å². The Balaban J connectivity index is 2.23. The topological polar surface area (TPSA) is 24.5 Å². The molecule has 2 atom stereocenters. The summed E-state index contributed by atoms with van der Waals surface area (Å²) in [6, 6.07) is 0.562. The Hall–Kier alpha value is 0.230. The highest BCUT2D eigenvalue weighted by Crippen LogP contribution is 2.14. The molecule has 4 heteroatoms. The Morgan fingerprint density at radius 3 is 2.93 bits per heavy atom. The molecule has 0 aromatic carbocycles. The van der Waals surface area contributed by atoms with Crippen LogP contribution in [0.5, 0.6) is 0 Å². The zero-order valence-electron chi connectivity index (χ0n) is 10.2. The largest absolute Gasteiger partial charge is 0.379 e. The van der Waals surface area contributed by atoms with Crippen molar-refractivity contribution in [3.8, 4) is 0 Å². The average molecular weight is 232 g/mol. The van der Waals surface area contributed by atoms with Crippen molar-refractivity contribution < 1.29 is 4.74 Å². The quantitative estimate of drug-likeness (QED) is 0.705. The van der Waals surface area contributed by atoms with Gasteiger partial charge in [-0.3, -0.25) is 0 Å². The fourth-order valence-corrected chi connectivity index (χ4v) is 2.50. The van der Waals surface area contributed by atoms with E-state index in [2.05, 4.69) is 30.4 Å². The van der Waals surface area contributed by atoms with E-state index in [0.717, 1.165) is 26.3 Å². The molecule has 0 radical (unpaired) electrons. The molecule has 0 amide bonds. The third-order valence-electron chi connectivity index (χ3n) is 2.89. The first-order chi connectivity index (χ1) is 7.27. The fraction of sp³-hybridized carbons (Fsp3) is 1.00. The summed E-state index contributed by atoms with van der Waals surface area (Å²) in [7, 11) is 2.21. The SMILES string of the molecule is CCNC1COCC1CN(C)CCSC. The molecule has 1 heterocycles. The van der Waals surface area contributed by atoms with E-state index in [1.165, 1.54) is 12.3 Å². The summed E-state index contributed by atoms with van der Waals surface area (Å²) in [5, 5.41) is 3.50. The standard InChI is InChI=1S/C11H24N2OS/c1-4-12-11-9-14-8-10(11)7-13(2)5-6-15-3/h10-12H,4-9H2,1-3H3. The lowest BCUT2D eigenvalue weighted by Crippen LogP contribution is -2.41. The summed E-state index contributed by atoms with van der Waals surface area (Å²) in [5.41, 5.74) is 0. The summed E-state index contributed by atoms with van der Waals surface area (Å²) in [4.78, 5) is 2.42. The van der Waals surface area contributed by atoms with Gasteiger partial charge in [0.25, 0.3) is 0 Å². The summed E-state index contributed by atoms with van der Waals surface area (Å²) >= 11 is 1.91. The third kappa shape index (κ3) is 4.72. The van der Waals surface area contributed by atoms with Gasteiger partial charge in [-0.15, -0.1) is 0 Å². The number of hydrogen-bond acceptors (Lipinski definition) is 4. The van der Waals surface area contributed by atoms with Crippen LogP contribution in [-0.2, 0) is 4.74 Å². The number of nitrogens with one attached hydrogen (secondary N) is 1. The van der Waals surface area contributed by atoms with Crippen molar-refractivity contribution in [1.29, 1.82) is 0 Å². The predicted molar refractivity (Wildman–Crippen MR) is 67.7 cm³/mol. The molecular weight excluding hydrogens is 208 g/mol. The molecular formula is C11H24N2OS. The first-order valence-corrected chi connectivity index (χ1v) is 7.16. The maximum Gasteiger partial charge on any atom is 0.0623 e. The van der Waals surface area contributed by atoms with Crippen molar-refractivity contribution in [2.75, 3.05) is 51.9 Å². The Labute approximate surface area is 97.9 Å². The lowest BCUT2D eigenvalue weighted by atomic mass is 10.0. The molecule has 0 aromatic rings. The first-order valence-electron chi connectivity index (χ1n) is 5.76. The normalized spacial score (nSPS) is 26.4. The van der Waals surface area contributed by atoms with Crippen LogP contribution in [0.15, 0.2) is 0 Å². The van der Waals surface area contributed by atoms with Gasteiger partial charge in [-0.25, -0.2) is 0 Å². The molecule has 0 bridgehead atoms. The number of hydrogen-bond donors (Lipinski definition) is 1. The van der Waals surface area contributed by atoms with Crippen LogP contribution in [0.1, 0.15) is 6.92 Å². The second-order valence-corrected chi connectivity index (χ2v) is 5.20. The second kappa shape index (κ2) is 7.49. The number of rotatable bonds is 7. The van der Waals surface area contributed by atoms with E-state index >= 15 is 0 Å². The number of likely N-dealkylation sites (N-methyl/N-ethyl adjacent to an activating group) is 1. The van der Waals surface area contributed by atoms with Crippen LogP contribution in [0.3, 0.4) is 0 Å². The fourth-order valence-electron chi connectivity index (χ4n) is 2.01. The van der Waals surface area contributed by atoms with Crippen LogP contribution in [0, 0.1) is 5.92 Å². The Kier molecular flexibility index (Phi) is 6.64. The summed E-state index contributed by atoms with van der Waals surface area (Å²) in [6.07, 6.45) is 2.16. The van der Waals surface area contributed by atoms with Crippen molar-refractivity contribution in [2.24, 2.45) is 5.92 Å². The second-order valence-electron chi connectivity index (χ2n) is 4.22. The van der Waals surface area contributed by atoms with Gasteiger partial charge < -0.3 is 15.0 Å². The van der Waals surface area contributed by atoms with Crippen molar-refractivity contribution in [3.63, 3.8) is 0 Å². The van der Waals surface area contributed by atoms with E-state index in [1.807, 2.05) is 11.8 Å². The summed E-state index contributed by atoms with van der Waals surface area (Å²) in [5.74, 6) is 1.88. The Morgan fingerprint density at radius 1 is 1.47 bits per heavy atom. The number of thioether (sulfide) groups is 1. The molecule has 1 aliphatic rings. The van der Waals surface area contributed by atoms with E-state index < -0.39 is 0 Å². The Morgan fingerprint density at radius 2 is 2.27 bits per heavy atom. The molecule has 0 spiro atoms. The zero-order valence-corrected chi connectivity index (χ0v) is 11.0. The molecule has 0 aliphatic carbocycles. The highest BCUT2D eigenvalue weighted by molar-refractivity contribution is 7.98. The molecule has 1 rings (SSSR count). The highest BCUT2D eigenvalue weighted by Gasteiger charge is 2.27. The van der Waals surface area contributed by atoms with Crippen LogP contribution >= 0.6 is 11.8 Å². The molecule has 1 fully saturated rings. The predicted octanol–water partition coefficient (Wildman–Crippen LogP) is 0.906. The van der Waals surface area contributed by atoms with Crippen molar-refractivity contribution in [2.45, 2.75) is 13.0 Å². The van der Waals surface area contributed by atoms with Crippen LogP contribution in [-0.4, -0.2) is 62.8 Å². The number of ether oxygens (including phenoxy) is 1. The van der Waals surface area contributed by atoms with E-state index in [0.29, 0.717) is 12.0 Å². The molecule has 0 aromatic heterocycles. The van der Waals surface area contributed by atoms with Gasteiger partial charge in [0.05, 0.1) is 13.2 Å². The minimum Gasteiger partial charge on any atom is -0.379 e. The van der Waals surface area contributed by atoms with E-state index in [9.17, 15) is 0 Å². The smallest absolute Gasteiger partial charge is 0.0623 e. The van der Waals surface area contributed by atoms with E-state index in [4.69, 9.17) is 4.74 Å². The van der Waals surface area contributed by atoms with Gasteiger partial charge >= 0.3 is 0 Å². The van der Waals surface area contributed by atoms with E-state index in [1.54, 1.807) is 0 Å². The average Bonchev–Trinajstić information content (AvgIpc) is 2.63. The lowest BCUT2D eigenvalue weighted by Gasteiger charge is -2.24. The lowest BCUT2D eigenvalue weighted by molar-refractivity contribution is 0.174. The van der Waals surface area contributed by atoms with Gasteiger partial charge in [-0.05, 0) is 19.8 Å². The van der Waals surface area contributed by atoms with Crippen LogP contribution in [0.2, 0.25) is 0 Å².